The number of carbonyl (C=O) groups is 1. The molecule has 0 fully saturated rings. The van der Waals surface area contributed by atoms with Gasteiger partial charge in [-0.05, 0) is 37.3 Å². The van der Waals surface area contributed by atoms with Crippen molar-refractivity contribution in [3.05, 3.63) is 63.6 Å². The van der Waals surface area contributed by atoms with Gasteiger partial charge in [-0.15, -0.1) is 5.10 Å². The van der Waals surface area contributed by atoms with Crippen molar-refractivity contribution in [1.82, 2.24) is 5.01 Å². The van der Waals surface area contributed by atoms with E-state index in [4.69, 9.17) is 9.47 Å². The quantitative estimate of drug-likeness (QED) is 0.797. The van der Waals surface area contributed by atoms with Crippen molar-refractivity contribution >= 4 is 27.7 Å². The van der Waals surface area contributed by atoms with Gasteiger partial charge < -0.3 is 9.47 Å². The third kappa shape index (κ3) is 3.14. The van der Waals surface area contributed by atoms with E-state index in [1.54, 1.807) is 7.11 Å². The molecule has 124 valence electrons. The van der Waals surface area contributed by atoms with Crippen LogP contribution >= 0.6 is 15.9 Å². The number of ether oxygens (including phenoxy) is 2. The normalized spacial score (nSPS) is 16.6. The number of carbonyl (C=O) groups excluding carboxylic acids is 1. The van der Waals surface area contributed by atoms with E-state index in [0.29, 0.717) is 11.6 Å². The van der Waals surface area contributed by atoms with Gasteiger partial charge in [-0.2, -0.15) is 5.01 Å². The average molecular weight is 389 g/mol. The van der Waals surface area contributed by atoms with Gasteiger partial charge in [0.1, 0.15) is 5.75 Å². The SMILES string of the molecule is COc1ccc(Br)cc1[C@H]1OC(c2ccc(C)cc2)=NN1C(C)=O. The Morgan fingerprint density at radius 1 is 1.25 bits per heavy atom. The molecule has 0 N–H and O–H groups in total. The maximum absolute atomic E-state index is 12.0. The first-order chi connectivity index (χ1) is 11.5. The molecule has 1 heterocycles. The summed E-state index contributed by atoms with van der Waals surface area (Å²) in [6, 6.07) is 13.4. The summed E-state index contributed by atoms with van der Waals surface area (Å²) < 4.78 is 12.3. The molecule has 0 aromatic heterocycles. The van der Waals surface area contributed by atoms with Crippen LogP contribution in [-0.2, 0) is 9.53 Å². The summed E-state index contributed by atoms with van der Waals surface area (Å²) >= 11 is 3.45. The van der Waals surface area contributed by atoms with Crippen molar-refractivity contribution in [2.45, 2.75) is 20.1 Å². The van der Waals surface area contributed by atoms with Crippen LogP contribution < -0.4 is 4.74 Å². The van der Waals surface area contributed by atoms with E-state index >= 15 is 0 Å². The Morgan fingerprint density at radius 2 is 1.96 bits per heavy atom. The Kier molecular flexibility index (Phi) is 4.57. The Balaban J connectivity index is 2.00. The van der Waals surface area contributed by atoms with Gasteiger partial charge >= 0.3 is 0 Å². The number of hydrogen-bond acceptors (Lipinski definition) is 4. The van der Waals surface area contributed by atoms with E-state index in [1.165, 1.54) is 11.9 Å². The van der Waals surface area contributed by atoms with Gasteiger partial charge in [0.2, 0.25) is 18.0 Å². The zero-order valence-electron chi connectivity index (χ0n) is 13.6. The fourth-order valence-electron chi connectivity index (χ4n) is 2.48. The summed E-state index contributed by atoms with van der Waals surface area (Å²) in [5.41, 5.74) is 2.70. The van der Waals surface area contributed by atoms with Crippen molar-refractivity contribution in [2.75, 3.05) is 7.11 Å². The fraction of sp³-hybridized carbons (Fsp3) is 0.222. The average Bonchev–Trinajstić information content (AvgIpc) is 3.01. The van der Waals surface area contributed by atoms with Crippen LogP contribution in [0.1, 0.15) is 29.8 Å². The van der Waals surface area contributed by atoms with Crippen LogP contribution in [0.25, 0.3) is 0 Å². The molecule has 0 radical (unpaired) electrons. The van der Waals surface area contributed by atoms with Crippen molar-refractivity contribution in [3.8, 4) is 5.75 Å². The molecule has 1 aliphatic heterocycles. The second kappa shape index (κ2) is 6.65. The van der Waals surface area contributed by atoms with Gasteiger partial charge in [0.15, 0.2) is 0 Å². The number of aryl methyl sites for hydroxylation is 1. The van der Waals surface area contributed by atoms with Crippen LogP contribution in [0.3, 0.4) is 0 Å². The third-order valence-corrected chi connectivity index (χ3v) is 4.22. The molecular formula is C18H17BrN2O3. The van der Waals surface area contributed by atoms with E-state index in [-0.39, 0.29) is 5.91 Å². The largest absolute Gasteiger partial charge is 0.496 e. The van der Waals surface area contributed by atoms with Crippen LogP contribution in [0.2, 0.25) is 0 Å². The molecule has 0 saturated carbocycles. The standard InChI is InChI=1S/C18H17BrN2O3/c1-11-4-6-13(7-5-11)17-20-21(12(2)22)18(24-17)15-10-14(19)8-9-16(15)23-3/h4-10,18H,1-3H3/t18-/m1/s1. The predicted molar refractivity (Wildman–Crippen MR) is 94.8 cm³/mol. The molecule has 0 unspecified atom stereocenters. The van der Waals surface area contributed by atoms with E-state index in [9.17, 15) is 4.79 Å². The number of amides is 1. The van der Waals surface area contributed by atoms with E-state index in [2.05, 4.69) is 21.0 Å². The number of rotatable bonds is 3. The number of halogens is 1. The number of hydrazone groups is 1. The van der Waals surface area contributed by atoms with Gasteiger partial charge in [-0.1, -0.05) is 33.6 Å². The van der Waals surface area contributed by atoms with Crippen molar-refractivity contribution in [3.63, 3.8) is 0 Å². The highest BCUT2D eigenvalue weighted by molar-refractivity contribution is 9.10. The highest BCUT2D eigenvalue weighted by Gasteiger charge is 2.35. The highest BCUT2D eigenvalue weighted by atomic mass is 79.9. The lowest BCUT2D eigenvalue weighted by Gasteiger charge is -2.21. The van der Waals surface area contributed by atoms with E-state index in [0.717, 1.165) is 21.2 Å². The fourth-order valence-corrected chi connectivity index (χ4v) is 2.86. The third-order valence-electron chi connectivity index (χ3n) is 3.72. The highest BCUT2D eigenvalue weighted by Crippen LogP contribution is 2.37. The maximum atomic E-state index is 12.0. The lowest BCUT2D eigenvalue weighted by molar-refractivity contribution is -0.135. The molecule has 0 saturated heterocycles. The summed E-state index contributed by atoms with van der Waals surface area (Å²) in [5.74, 6) is 0.844. The van der Waals surface area contributed by atoms with Crippen molar-refractivity contribution < 1.29 is 14.3 Å². The summed E-state index contributed by atoms with van der Waals surface area (Å²) in [4.78, 5) is 12.0. The lowest BCUT2D eigenvalue weighted by Crippen LogP contribution is -2.25. The first kappa shape index (κ1) is 16.5. The molecule has 5 nitrogen and oxygen atoms in total. The van der Waals surface area contributed by atoms with Gasteiger partial charge in [0.05, 0.1) is 12.7 Å². The zero-order valence-corrected chi connectivity index (χ0v) is 15.2. The van der Waals surface area contributed by atoms with Crippen LogP contribution in [0, 0.1) is 6.92 Å². The first-order valence-corrected chi connectivity index (χ1v) is 8.24. The maximum Gasteiger partial charge on any atom is 0.243 e. The summed E-state index contributed by atoms with van der Waals surface area (Å²) in [7, 11) is 1.58. The number of hydrogen-bond donors (Lipinski definition) is 0. The molecule has 1 aliphatic rings. The molecule has 0 bridgehead atoms. The second-order valence-electron chi connectivity index (χ2n) is 5.49. The van der Waals surface area contributed by atoms with Crippen molar-refractivity contribution in [1.29, 1.82) is 0 Å². The number of methoxy groups -OCH3 is 1. The van der Waals surface area contributed by atoms with E-state index < -0.39 is 6.23 Å². The monoisotopic (exact) mass is 388 g/mol. The zero-order chi connectivity index (χ0) is 17.3. The van der Waals surface area contributed by atoms with Gasteiger partial charge in [0, 0.05) is 17.0 Å². The van der Waals surface area contributed by atoms with Crippen molar-refractivity contribution in [2.24, 2.45) is 5.10 Å². The first-order valence-electron chi connectivity index (χ1n) is 7.45. The predicted octanol–water partition coefficient (Wildman–Crippen LogP) is 4.01. The number of benzene rings is 2. The second-order valence-corrected chi connectivity index (χ2v) is 6.41. The molecular weight excluding hydrogens is 372 g/mol. The Labute approximate surface area is 149 Å². The lowest BCUT2D eigenvalue weighted by atomic mass is 10.1. The molecule has 6 heteroatoms. The molecule has 3 rings (SSSR count). The van der Waals surface area contributed by atoms with Crippen LogP contribution in [-0.4, -0.2) is 23.9 Å². The molecule has 1 amide bonds. The summed E-state index contributed by atoms with van der Waals surface area (Å²) in [6.07, 6.45) is -0.661. The van der Waals surface area contributed by atoms with Crippen LogP contribution in [0.4, 0.5) is 0 Å². The Bertz CT molecular complexity index is 802. The Hall–Kier alpha value is -2.34. The van der Waals surface area contributed by atoms with E-state index in [1.807, 2.05) is 49.4 Å². The minimum absolute atomic E-state index is 0.204. The van der Waals surface area contributed by atoms with Gasteiger partial charge in [0.25, 0.3) is 0 Å². The van der Waals surface area contributed by atoms with Crippen LogP contribution in [0.15, 0.2) is 52.0 Å². The Morgan fingerprint density at radius 3 is 2.58 bits per heavy atom. The van der Waals surface area contributed by atoms with Gasteiger partial charge in [-0.3, -0.25) is 4.79 Å². The smallest absolute Gasteiger partial charge is 0.243 e. The minimum Gasteiger partial charge on any atom is -0.496 e. The summed E-state index contributed by atoms with van der Waals surface area (Å²) in [6.45, 7) is 3.47. The molecule has 1 atom stereocenters. The molecule has 0 aliphatic carbocycles. The van der Waals surface area contributed by atoms with Gasteiger partial charge in [-0.25, -0.2) is 0 Å². The molecule has 2 aromatic rings. The molecule has 2 aromatic carbocycles. The molecule has 24 heavy (non-hydrogen) atoms. The molecule has 0 spiro atoms. The summed E-state index contributed by atoms with van der Waals surface area (Å²) in [5, 5.41) is 5.69. The number of nitrogens with zero attached hydrogens (tertiary/aromatic N) is 2. The topological polar surface area (TPSA) is 51.1 Å². The minimum atomic E-state index is -0.661. The van der Waals surface area contributed by atoms with Crippen LogP contribution in [0.5, 0.6) is 5.75 Å².